The monoisotopic (exact) mass is 412 g/mol. The van der Waals surface area contributed by atoms with Gasteiger partial charge < -0.3 is 8.92 Å². The van der Waals surface area contributed by atoms with Crippen molar-refractivity contribution >= 4 is 16.1 Å². The zero-order valence-electron chi connectivity index (χ0n) is 16.0. The van der Waals surface area contributed by atoms with Crippen molar-refractivity contribution < 1.29 is 22.1 Å². The minimum Gasteiger partial charge on any atom is -0.462 e. The van der Waals surface area contributed by atoms with E-state index in [0.717, 1.165) is 11.1 Å². The van der Waals surface area contributed by atoms with Gasteiger partial charge in [-0.25, -0.2) is 4.79 Å². The van der Waals surface area contributed by atoms with Gasteiger partial charge in [-0.3, -0.25) is 0 Å². The Kier molecular flexibility index (Phi) is 4.87. The molecule has 2 aromatic carbocycles. The molecule has 2 heterocycles. The summed E-state index contributed by atoms with van der Waals surface area (Å²) in [6.07, 6.45) is 0. The van der Waals surface area contributed by atoms with Gasteiger partial charge in [-0.15, -0.1) is 0 Å². The van der Waals surface area contributed by atoms with Crippen LogP contribution < -0.4 is 4.18 Å². The SMILES string of the molecule is CCOC(=O)c1ccc(C2CS(=O)(=O)Oc3c2c(C)nn3-c2ccccc2)cc1. The molecule has 0 amide bonds. The summed E-state index contributed by atoms with van der Waals surface area (Å²) < 4.78 is 36.9. The van der Waals surface area contributed by atoms with E-state index < -0.39 is 22.0 Å². The second-order valence-corrected chi connectivity index (χ2v) is 8.37. The number of rotatable bonds is 4. The largest absolute Gasteiger partial charge is 0.462 e. The summed E-state index contributed by atoms with van der Waals surface area (Å²) in [5.74, 6) is -0.843. The first kappa shape index (κ1) is 19.2. The number of nitrogens with zero attached hydrogens (tertiary/aromatic N) is 2. The van der Waals surface area contributed by atoms with Crippen molar-refractivity contribution in [3.8, 4) is 11.6 Å². The minimum atomic E-state index is -3.80. The third kappa shape index (κ3) is 3.63. The zero-order valence-corrected chi connectivity index (χ0v) is 16.8. The lowest BCUT2D eigenvalue weighted by Crippen LogP contribution is -2.27. The number of carbonyl (C=O) groups excluding carboxylic acids is 1. The van der Waals surface area contributed by atoms with Gasteiger partial charge in [0.15, 0.2) is 0 Å². The van der Waals surface area contributed by atoms with Crippen LogP contribution in [0.1, 0.15) is 40.0 Å². The molecule has 150 valence electrons. The van der Waals surface area contributed by atoms with Gasteiger partial charge in [-0.05, 0) is 43.7 Å². The smallest absolute Gasteiger partial charge is 0.338 e. The third-order valence-corrected chi connectivity index (χ3v) is 5.97. The predicted molar refractivity (Wildman–Crippen MR) is 107 cm³/mol. The number of benzene rings is 2. The molecule has 4 rings (SSSR count). The van der Waals surface area contributed by atoms with Crippen molar-refractivity contribution in [1.82, 2.24) is 9.78 Å². The maximum absolute atomic E-state index is 12.5. The average molecular weight is 412 g/mol. The van der Waals surface area contributed by atoms with E-state index in [1.807, 2.05) is 37.3 Å². The van der Waals surface area contributed by atoms with Crippen LogP contribution in [-0.4, -0.2) is 36.5 Å². The molecule has 0 saturated heterocycles. The maximum atomic E-state index is 12.5. The van der Waals surface area contributed by atoms with Gasteiger partial charge in [0.1, 0.15) is 0 Å². The first-order valence-electron chi connectivity index (χ1n) is 9.24. The number of hydrogen-bond acceptors (Lipinski definition) is 6. The normalized spacial score (nSPS) is 17.2. The van der Waals surface area contributed by atoms with Crippen molar-refractivity contribution in [3.05, 3.63) is 77.0 Å². The Balaban J connectivity index is 1.79. The fraction of sp³-hybridized carbons (Fsp3) is 0.238. The maximum Gasteiger partial charge on any atom is 0.338 e. The fourth-order valence-electron chi connectivity index (χ4n) is 3.51. The van der Waals surface area contributed by atoms with E-state index in [9.17, 15) is 13.2 Å². The Morgan fingerprint density at radius 2 is 1.86 bits per heavy atom. The number of aromatic nitrogens is 2. The van der Waals surface area contributed by atoms with Crippen molar-refractivity contribution in [1.29, 1.82) is 0 Å². The molecule has 29 heavy (non-hydrogen) atoms. The molecule has 1 aromatic heterocycles. The molecule has 0 spiro atoms. The van der Waals surface area contributed by atoms with Crippen LogP contribution in [0.5, 0.6) is 5.88 Å². The van der Waals surface area contributed by atoms with Crippen molar-refractivity contribution in [3.63, 3.8) is 0 Å². The molecule has 1 unspecified atom stereocenters. The average Bonchev–Trinajstić information content (AvgIpc) is 3.03. The van der Waals surface area contributed by atoms with Crippen molar-refractivity contribution in [2.24, 2.45) is 0 Å². The molecule has 8 heteroatoms. The lowest BCUT2D eigenvalue weighted by molar-refractivity contribution is 0.0526. The third-order valence-electron chi connectivity index (χ3n) is 4.81. The van der Waals surface area contributed by atoms with E-state index in [1.54, 1.807) is 31.2 Å². The highest BCUT2D eigenvalue weighted by Crippen LogP contribution is 2.41. The summed E-state index contributed by atoms with van der Waals surface area (Å²) >= 11 is 0. The number of esters is 1. The lowest BCUT2D eigenvalue weighted by atomic mass is 9.92. The lowest BCUT2D eigenvalue weighted by Gasteiger charge is -2.24. The number of aryl methyl sites for hydroxylation is 1. The number of fused-ring (bicyclic) bond motifs is 1. The van der Waals surface area contributed by atoms with Gasteiger partial charge in [0.2, 0.25) is 5.88 Å². The van der Waals surface area contributed by atoms with Crippen LogP contribution in [0.25, 0.3) is 5.69 Å². The fourth-order valence-corrected chi connectivity index (χ4v) is 4.75. The van der Waals surface area contributed by atoms with Crippen LogP contribution >= 0.6 is 0 Å². The van der Waals surface area contributed by atoms with Gasteiger partial charge in [0, 0.05) is 11.5 Å². The molecular formula is C21H20N2O5S. The Morgan fingerprint density at radius 1 is 1.17 bits per heavy atom. The molecule has 0 fully saturated rings. The molecule has 0 bridgehead atoms. The highest BCUT2D eigenvalue weighted by Gasteiger charge is 2.37. The molecule has 1 atom stereocenters. The molecule has 0 saturated carbocycles. The Morgan fingerprint density at radius 3 is 2.52 bits per heavy atom. The van der Waals surface area contributed by atoms with E-state index >= 15 is 0 Å². The van der Waals surface area contributed by atoms with E-state index in [1.165, 1.54) is 4.68 Å². The molecule has 1 aliphatic rings. The molecule has 0 N–H and O–H groups in total. The van der Waals surface area contributed by atoms with Crippen LogP contribution in [0.15, 0.2) is 54.6 Å². The Hall–Kier alpha value is -3.13. The van der Waals surface area contributed by atoms with Crippen molar-refractivity contribution in [2.45, 2.75) is 19.8 Å². The summed E-state index contributed by atoms with van der Waals surface area (Å²) in [5.41, 5.74) is 3.32. The predicted octanol–water partition coefficient (Wildman–Crippen LogP) is 3.21. The van der Waals surface area contributed by atoms with Crippen LogP contribution in [0, 0.1) is 6.92 Å². The van der Waals surface area contributed by atoms with Gasteiger partial charge >= 0.3 is 16.1 Å². The summed E-state index contributed by atoms with van der Waals surface area (Å²) in [6.45, 7) is 3.87. The number of ether oxygens (including phenoxy) is 1. The van der Waals surface area contributed by atoms with Crippen LogP contribution in [0.3, 0.4) is 0 Å². The Bertz CT molecular complexity index is 1150. The highest BCUT2D eigenvalue weighted by molar-refractivity contribution is 7.87. The summed E-state index contributed by atoms with van der Waals surface area (Å²) in [7, 11) is -3.80. The Labute approximate surface area is 169 Å². The molecule has 1 aliphatic heterocycles. The topological polar surface area (TPSA) is 87.5 Å². The van der Waals surface area contributed by atoms with E-state index in [0.29, 0.717) is 23.6 Å². The van der Waals surface area contributed by atoms with Crippen molar-refractivity contribution in [2.75, 3.05) is 12.4 Å². The number of carbonyl (C=O) groups is 1. The number of para-hydroxylation sites is 1. The minimum absolute atomic E-state index is 0.194. The van der Waals surface area contributed by atoms with Gasteiger partial charge in [-0.1, -0.05) is 30.3 Å². The molecule has 7 nitrogen and oxygen atoms in total. The molecule has 0 aliphatic carbocycles. The van der Waals surface area contributed by atoms with E-state index in [4.69, 9.17) is 8.92 Å². The second-order valence-electron chi connectivity index (χ2n) is 6.75. The molecule has 3 aromatic rings. The van der Waals surface area contributed by atoms with Crippen LogP contribution in [0.4, 0.5) is 0 Å². The number of hydrogen-bond donors (Lipinski definition) is 0. The van der Waals surface area contributed by atoms with Gasteiger partial charge in [0.05, 0.1) is 29.3 Å². The summed E-state index contributed by atoms with van der Waals surface area (Å²) in [4.78, 5) is 11.9. The quantitative estimate of drug-likeness (QED) is 0.483. The molecular weight excluding hydrogens is 392 g/mol. The van der Waals surface area contributed by atoms with E-state index in [-0.39, 0.29) is 11.6 Å². The van der Waals surface area contributed by atoms with Crippen LogP contribution in [-0.2, 0) is 14.9 Å². The van der Waals surface area contributed by atoms with Gasteiger partial charge in [-0.2, -0.15) is 18.2 Å². The first-order chi connectivity index (χ1) is 13.9. The van der Waals surface area contributed by atoms with Gasteiger partial charge in [0.25, 0.3) is 0 Å². The standard InChI is InChI=1S/C21H20N2O5S/c1-3-27-21(24)16-11-9-15(10-12-16)18-13-29(25,26)28-20-19(18)14(2)22-23(20)17-7-5-4-6-8-17/h4-12,18H,3,13H2,1-2H3. The highest BCUT2D eigenvalue weighted by atomic mass is 32.2. The second kappa shape index (κ2) is 7.36. The van der Waals surface area contributed by atoms with Crippen LogP contribution in [0.2, 0.25) is 0 Å². The van der Waals surface area contributed by atoms with E-state index in [2.05, 4.69) is 5.10 Å². The molecule has 0 radical (unpaired) electrons. The summed E-state index contributed by atoms with van der Waals surface area (Å²) in [6, 6.07) is 16.0. The zero-order chi connectivity index (χ0) is 20.6. The first-order valence-corrected chi connectivity index (χ1v) is 10.8. The summed E-state index contributed by atoms with van der Waals surface area (Å²) in [5, 5.41) is 4.53.